The molecule has 0 atom stereocenters. The van der Waals surface area contributed by atoms with E-state index in [0.29, 0.717) is 36.1 Å². The number of rotatable bonds is 6. The molecule has 0 aliphatic carbocycles. The normalized spacial score (nSPS) is 10.7. The first-order valence-corrected chi connectivity index (χ1v) is 8.59. The highest BCUT2D eigenvalue weighted by atomic mass is 16.5. The lowest BCUT2D eigenvalue weighted by molar-refractivity contribution is 0.304. The molecule has 0 aliphatic rings. The SMILES string of the molecule is Nc1ccc(-c2nnn(Cc3ccc(OCc4ccccc4)cn3)n2)c(N)n1. The summed E-state index contributed by atoms with van der Waals surface area (Å²) in [5.74, 6) is 1.68. The van der Waals surface area contributed by atoms with Gasteiger partial charge in [0.05, 0.1) is 17.5 Å². The van der Waals surface area contributed by atoms with Crippen molar-refractivity contribution in [1.29, 1.82) is 0 Å². The summed E-state index contributed by atoms with van der Waals surface area (Å²) in [5, 5.41) is 12.4. The van der Waals surface area contributed by atoms with Gasteiger partial charge in [-0.25, -0.2) is 4.98 Å². The van der Waals surface area contributed by atoms with Crippen LogP contribution in [0.15, 0.2) is 60.8 Å². The van der Waals surface area contributed by atoms with Crippen LogP contribution in [0.3, 0.4) is 0 Å². The summed E-state index contributed by atoms with van der Waals surface area (Å²) in [6, 6.07) is 17.0. The van der Waals surface area contributed by atoms with Crippen LogP contribution in [0.4, 0.5) is 11.6 Å². The van der Waals surface area contributed by atoms with Crippen molar-refractivity contribution in [3.05, 3.63) is 72.1 Å². The maximum absolute atomic E-state index is 5.87. The van der Waals surface area contributed by atoms with Gasteiger partial charge in [-0.1, -0.05) is 30.3 Å². The molecule has 4 aromatic rings. The lowest BCUT2D eigenvalue weighted by atomic mass is 10.2. The number of nitrogens with zero attached hydrogens (tertiary/aromatic N) is 6. The number of tetrazole rings is 1. The maximum atomic E-state index is 5.87. The van der Waals surface area contributed by atoms with Crippen molar-refractivity contribution >= 4 is 11.6 Å². The largest absolute Gasteiger partial charge is 0.487 e. The molecule has 0 saturated heterocycles. The van der Waals surface area contributed by atoms with E-state index < -0.39 is 0 Å². The summed E-state index contributed by atoms with van der Waals surface area (Å²) in [6.07, 6.45) is 1.68. The van der Waals surface area contributed by atoms with Crippen molar-refractivity contribution in [1.82, 2.24) is 30.2 Å². The van der Waals surface area contributed by atoms with Gasteiger partial charge in [0.1, 0.15) is 30.5 Å². The first kappa shape index (κ1) is 17.4. The first-order chi connectivity index (χ1) is 13.7. The predicted octanol–water partition coefficient (Wildman–Crippen LogP) is 1.92. The van der Waals surface area contributed by atoms with Crippen LogP contribution in [0.5, 0.6) is 5.75 Å². The number of ether oxygens (including phenoxy) is 1. The summed E-state index contributed by atoms with van der Waals surface area (Å²) in [7, 11) is 0. The molecule has 9 nitrogen and oxygen atoms in total. The van der Waals surface area contributed by atoms with Crippen molar-refractivity contribution in [3.8, 4) is 17.1 Å². The third-order valence-corrected chi connectivity index (χ3v) is 3.99. The highest BCUT2D eigenvalue weighted by Gasteiger charge is 2.11. The van der Waals surface area contributed by atoms with E-state index in [2.05, 4.69) is 25.4 Å². The van der Waals surface area contributed by atoms with E-state index in [1.807, 2.05) is 42.5 Å². The number of pyridine rings is 2. The molecule has 0 amide bonds. The summed E-state index contributed by atoms with van der Waals surface area (Å²) >= 11 is 0. The number of aromatic nitrogens is 6. The van der Waals surface area contributed by atoms with Gasteiger partial charge in [-0.15, -0.1) is 10.2 Å². The van der Waals surface area contributed by atoms with Crippen LogP contribution in [0.2, 0.25) is 0 Å². The Morgan fingerprint density at radius 1 is 0.964 bits per heavy atom. The Hall–Kier alpha value is -4.01. The molecule has 28 heavy (non-hydrogen) atoms. The standard InChI is InChI=1S/C19H18N8O/c20-17-9-8-16(18(21)23-17)19-24-26-27(25-19)11-14-6-7-15(10-22-14)28-12-13-4-2-1-3-5-13/h1-10H,11-12H2,(H4,20,21,23). The van der Waals surface area contributed by atoms with Gasteiger partial charge in [-0.3, -0.25) is 4.98 Å². The van der Waals surface area contributed by atoms with Gasteiger partial charge in [0.15, 0.2) is 0 Å². The predicted molar refractivity (Wildman–Crippen MR) is 104 cm³/mol. The average Bonchev–Trinajstić information content (AvgIpc) is 3.16. The monoisotopic (exact) mass is 374 g/mol. The molecule has 3 aromatic heterocycles. The molecule has 9 heteroatoms. The highest BCUT2D eigenvalue weighted by molar-refractivity contribution is 5.69. The molecule has 0 fully saturated rings. The van der Waals surface area contributed by atoms with Crippen LogP contribution < -0.4 is 16.2 Å². The molecule has 1 aromatic carbocycles. The quantitative estimate of drug-likeness (QED) is 0.523. The molecular formula is C19H18N8O. The molecule has 0 unspecified atom stereocenters. The summed E-state index contributed by atoms with van der Waals surface area (Å²) in [6.45, 7) is 0.862. The fourth-order valence-corrected chi connectivity index (χ4v) is 2.57. The van der Waals surface area contributed by atoms with Crippen LogP contribution in [0.25, 0.3) is 11.4 Å². The molecule has 4 rings (SSSR count). The minimum Gasteiger partial charge on any atom is -0.487 e. The summed E-state index contributed by atoms with van der Waals surface area (Å²) in [4.78, 5) is 9.84. The molecule has 3 heterocycles. The van der Waals surface area contributed by atoms with Crippen LogP contribution in [-0.4, -0.2) is 30.2 Å². The zero-order chi connectivity index (χ0) is 19.3. The number of anilines is 2. The number of hydrogen-bond acceptors (Lipinski definition) is 8. The second-order valence-corrected chi connectivity index (χ2v) is 6.07. The Morgan fingerprint density at radius 2 is 1.82 bits per heavy atom. The minimum absolute atomic E-state index is 0.262. The summed E-state index contributed by atoms with van der Waals surface area (Å²) in [5.41, 5.74) is 13.9. The van der Waals surface area contributed by atoms with E-state index in [0.717, 1.165) is 11.3 Å². The lowest BCUT2D eigenvalue weighted by Gasteiger charge is -2.06. The number of hydrogen-bond donors (Lipinski definition) is 2. The topological polar surface area (TPSA) is 131 Å². The number of nitrogen functional groups attached to an aromatic ring is 2. The van der Waals surface area contributed by atoms with Crippen LogP contribution in [0.1, 0.15) is 11.3 Å². The molecule has 4 N–H and O–H groups in total. The first-order valence-electron chi connectivity index (χ1n) is 8.59. The van der Waals surface area contributed by atoms with E-state index in [1.165, 1.54) is 4.80 Å². The molecule has 0 aliphatic heterocycles. The van der Waals surface area contributed by atoms with Crippen molar-refractivity contribution in [2.24, 2.45) is 0 Å². The Bertz CT molecular complexity index is 1060. The van der Waals surface area contributed by atoms with Crippen molar-refractivity contribution in [2.45, 2.75) is 13.2 Å². The minimum atomic E-state index is 0.262. The van der Waals surface area contributed by atoms with E-state index in [9.17, 15) is 0 Å². The highest BCUT2D eigenvalue weighted by Crippen LogP contribution is 2.21. The van der Waals surface area contributed by atoms with E-state index in [-0.39, 0.29) is 5.82 Å². The van der Waals surface area contributed by atoms with Crippen LogP contribution >= 0.6 is 0 Å². The molecule has 0 bridgehead atoms. The van der Waals surface area contributed by atoms with Gasteiger partial charge in [0.2, 0.25) is 5.82 Å². The van der Waals surface area contributed by atoms with Crippen LogP contribution in [-0.2, 0) is 13.2 Å². The Morgan fingerprint density at radius 3 is 2.57 bits per heavy atom. The van der Waals surface area contributed by atoms with Gasteiger partial charge < -0.3 is 16.2 Å². The fraction of sp³-hybridized carbons (Fsp3) is 0.105. The number of nitrogens with two attached hydrogens (primary N) is 2. The van der Waals surface area contributed by atoms with Crippen LogP contribution in [0, 0.1) is 0 Å². The zero-order valence-electron chi connectivity index (χ0n) is 14.9. The fourth-order valence-electron chi connectivity index (χ4n) is 2.57. The zero-order valence-corrected chi connectivity index (χ0v) is 14.9. The Kier molecular flexibility index (Phi) is 4.79. The number of benzene rings is 1. The van der Waals surface area contributed by atoms with Gasteiger partial charge >= 0.3 is 0 Å². The molecule has 0 saturated carbocycles. The second-order valence-electron chi connectivity index (χ2n) is 6.07. The average molecular weight is 374 g/mol. The molecule has 140 valence electrons. The van der Waals surface area contributed by atoms with Gasteiger partial charge in [0, 0.05) is 0 Å². The van der Waals surface area contributed by atoms with E-state index >= 15 is 0 Å². The molecular weight excluding hydrogens is 356 g/mol. The summed E-state index contributed by atoms with van der Waals surface area (Å²) < 4.78 is 5.74. The van der Waals surface area contributed by atoms with E-state index in [4.69, 9.17) is 16.2 Å². The van der Waals surface area contributed by atoms with Crippen molar-refractivity contribution in [2.75, 3.05) is 11.5 Å². The van der Waals surface area contributed by atoms with Gasteiger partial charge in [-0.05, 0) is 35.0 Å². The van der Waals surface area contributed by atoms with E-state index in [1.54, 1.807) is 18.3 Å². The van der Waals surface area contributed by atoms with Gasteiger partial charge in [0.25, 0.3) is 0 Å². The maximum Gasteiger partial charge on any atom is 0.208 e. The molecule has 0 radical (unpaired) electrons. The van der Waals surface area contributed by atoms with Crippen molar-refractivity contribution in [3.63, 3.8) is 0 Å². The van der Waals surface area contributed by atoms with Crippen molar-refractivity contribution < 1.29 is 4.74 Å². The van der Waals surface area contributed by atoms with Gasteiger partial charge in [-0.2, -0.15) is 4.80 Å². The Balaban J connectivity index is 1.40. The Labute approximate surface area is 161 Å². The third-order valence-electron chi connectivity index (χ3n) is 3.99. The third kappa shape index (κ3) is 4.04. The molecule has 0 spiro atoms. The smallest absolute Gasteiger partial charge is 0.208 e. The lowest BCUT2D eigenvalue weighted by Crippen LogP contribution is -2.06. The second kappa shape index (κ2) is 7.70.